The molecule has 0 aromatic carbocycles. The van der Waals surface area contributed by atoms with Gasteiger partial charge in [0.05, 0.1) is 6.61 Å². The molecule has 0 atom stereocenters. The van der Waals surface area contributed by atoms with Crippen molar-refractivity contribution < 1.29 is 5.11 Å². The fourth-order valence-electron chi connectivity index (χ4n) is 1.77. The third-order valence-electron chi connectivity index (χ3n) is 2.57. The lowest BCUT2D eigenvalue weighted by atomic mass is 10.4. The van der Waals surface area contributed by atoms with E-state index < -0.39 is 0 Å². The van der Waals surface area contributed by atoms with Gasteiger partial charge in [0.2, 0.25) is 0 Å². The van der Waals surface area contributed by atoms with Crippen LogP contribution in [0, 0.1) is 0 Å². The Balaban J connectivity index is 0.000000145. The van der Waals surface area contributed by atoms with Crippen LogP contribution < -0.4 is 5.32 Å². The first kappa shape index (κ1) is 11.0. The third-order valence-corrected chi connectivity index (χ3v) is 2.57. The lowest BCUT2D eigenvalue weighted by molar-refractivity contribution is 0.221. The molecule has 0 saturated carbocycles. The molecule has 0 aliphatic carbocycles. The summed E-state index contributed by atoms with van der Waals surface area (Å²) < 4.78 is 0. The van der Waals surface area contributed by atoms with Gasteiger partial charge in [-0.2, -0.15) is 0 Å². The second-order valence-corrected chi connectivity index (χ2v) is 3.73. The summed E-state index contributed by atoms with van der Waals surface area (Å²) in [7, 11) is 0. The Hall–Kier alpha value is -0.120. The number of aliphatic hydroxyl groups is 1. The van der Waals surface area contributed by atoms with Crippen LogP contribution in [0.4, 0.5) is 0 Å². The van der Waals surface area contributed by atoms with Gasteiger partial charge in [-0.3, -0.25) is 0 Å². The number of nitrogens with one attached hydrogen (secondary N) is 1. The summed E-state index contributed by atoms with van der Waals surface area (Å²) >= 11 is 0. The van der Waals surface area contributed by atoms with Gasteiger partial charge in [-0.1, -0.05) is 0 Å². The fraction of sp³-hybridized carbons (Fsp3) is 1.00. The van der Waals surface area contributed by atoms with Crippen molar-refractivity contribution in [2.24, 2.45) is 0 Å². The van der Waals surface area contributed by atoms with E-state index in [1.54, 1.807) is 0 Å². The van der Waals surface area contributed by atoms with Gasteiger partial charge < -0.3 is 15.3 Å². The van der Waals surface area contributed by atoms with Gasteiger partial charge in [0.15, 0.2) is 0 Å². The second-order valence-electron chi connectivity index (χ2n) is 3.73. The molecule has 2 N–H and O–H groups in total. The number of likely N-dealkylation sites (tertiary alicyclic amines) is 1. The average molecular weight is 186 g/mol. The molecule has 3 nitrogen and oxygen atoms in total. The average Bonchev–Trinajstić information content (AvgIpc) is 2.79. The topological polar surface area (TPSA) is 35.5 Å². The summed E-state index contributed by atoms with van der Waals surface area (Å²) in [6.45, 7) is 6.08. The molecule has 0 aromatic heterocycles. The van der Waals surface area contributed by atoms with Gasteiger partial charge >= 0.3 is 0 Å². The summed E-state index contributed by atoms with van der Waals surface area (Å²) in [5.41, 5.74) is 0. The van der Waals surface area contributed by atoms with E-state index >= 15 is 0 Å². The Morgan fingerprint density at radius 1 is 1.00 bits per heavy atom. The van der Waals surface area contributed by atoms with Crippen molar-refractivity contribution in [2.75, 3.05) is 39.3 Å². The standard InChI is InChI=1S/C6H13NO.C4H9N/c8-6-5-7-3-1-2-4-7;1-2-4-5-3-1/h8H,1-6H2;5H,1-4H2. The minimum Gasteiger partial charge on any atom is -0.395 e. The van der Waals surface area contributed by atoms with Crippen LogP contribution >= 0.6 is 0 Å². The summed E-state index contributed by atoms with van der Waals surface area (Å²) in [6, 6.07) is 0. The maximum atomic E-state index is 8.48. The monoisotopic (exact) mass is 186 g/mol. The largest absolute Gasteiger partial charge is 0.395 e. The van der Waals surface area contributed by atoms with Gasteiger partial charge in [0.1, 0.15) is 0 Å². The first-order valence-electron chi connectivity index (χ1n) is 5.47. The van der Waals surface area contributed by atoms with Crippen LogP contribution in [0.1, 0.15) is 25.7 Å². The molecule has 2 fully saturated rings. The van der Waals surface area contributed by atoms with Crippen LogP contribution in [-0.4, -0.2) is 49.3 Å². The highest BCUT2D eigenvalue weighted by molar-refractivity contribution is 4.64. The zero-order valence-electron chi connectivity index (χ0n) is 8.47. The quantitative estimate of drug-likeness (QED) is 0.657. The van der Waals surface area contributed by atoms with E-state index in [4.69, 9.17) is 5.11 Å². The first-order valence-corrected chi connectivity index (χ1v) is 5.47. The van der Waals surface area contributed by atoms with E-state index in [1.165, 1.54) is 51.9 Å². The SMILES string of the molecule is C1CCNC1.OCCN1CCCC1. The third kappa shape index (κ3) is 5.24. The zero-order valence-corrected chi connectivity index (χ0v) is 8.47. The molecule has 0 radical (unpaired) electrons. The summed E-state index contributed by atoms with van der Waals surface area (Å²) in [5.74, 6) is 0. The molecular formula is C10H22N2O. The number of β-amino-alcohol motifs (C(OH)–C–C–N with tert-alkyl or cyclic N) is 1. The Bertz CT molecular complexity index is 102. The molecule has 0 spiro atoms. The lowest BCUT2D eigenvalue weighted by Crippen LogP contribution is -2.22. The van der Waals surface area contributed by atoms with Crippen molar-refractivity contribution in [3.63, 3.8) is 0 Å². The second kappa shape index (κ2) is 7.30. The molecule has 2 rings (SSSR count). The molecule has 0 unspecified atom stereocenters. The van der Waals surface area contributed by atoms with Crippen LogP contribution in [0.2, 0.25) is 0 Å². The number of nitrogens with zero attached hydrogens (tertiary/aromatic N) is 1. The highest BCUT2D eigenvalue weighted by Crippen LogP contribution is 2.05. The Kier molecular flexibility index (Phi) is 6.15. The van der Waals surface area contributed by atoms with E-state index in [9.17, 15) is 0 Å². The Morgan fingerprint density at radius 2 is 1.62 bits per heavy atom. The number of rotatable bonds is 2. The van der Waals surface area contributed by atoms with Gasteiger partial charge in [0, 0.05) is 6.54 Å². The minimum atomic E-state index is 0.319. The Morgan fingerprint density at radius 3 is 2.00 bits per heavy atom. The van der Waals surface area contributed by atoms with Crippen LogP contribution in [-0.2, 0) is 0 Å². The molecular weight excluding hydrogens is 164 g/mol. The maximum Gasteiger partial charge on any atom is 0.0558 e. The predicted octanol–water partition coefficient (Wildman–Crippen LogP) is 0.444. The molecule has 2 aliphatic heterocycles. The first-order chi connectivity index (χ1) is 6.43. The normalized spacial score (nSPS) is 22.8. The zero-order chi connectivity index (χ0) is 9.36. The number of hydrogen-bond donors (Lipinski definition) is 2. The van der Waals surface area contributed by atoms with Gasteiger partial charge in [0.25, 0.3) is 0 Å². The fourth-order valence-corrected chi connectivity index (χ4v) is 1.77. The summed E-state index contributed by atoms with van der Waals surface area (Å²) in [5, 5.41) is 11.7. The van der Waals surface area contributed by atoms with Crippen LogP contribution in [0.25, 0.3) is 0 Å². The maximum absolute atomic E-state index is 8.48. The van der Waals surface area contributed by atoms with Crippen molar-refractivity contribution in [3.8, 4) is 0 Å². The van der Waals surface area contributed by atoms with Crippen LogP contribution in [0.15, 0.2) is 0 Å². The van der Waals surface area contributed by atoms with E-state index in [0.29, 0.717) is 6.61 Å². The minimum absolute atomic E-state index is 0.319. The van der Waals surface area contributed by atoms with Crippen LogP contribution in [0.5, 0.6) is 0 Å². The van der Waals surface area contributed by atoms with E-state index in [0.717, 1.165) is 6.54 Å². The van der Waals surface area contributed by atoms with Crippen molar-refractivity contribution in [3.05, 3.63) is 0 Å². The van der Waals surface area contributed by atoms with Crippen LogP contribution in [0.3, 0.4) is 0 Å². The molecule has 2 aliphatic rings. The molecule has 0 amide bonds. The van der Waals surface area contributed by atoms with E-state index in [2.05, 4.69) is 10.2 Å². The Labute approximate surface area is 81.1 Å². The van der Waals surface area contributed by atoms with Gasteiger partial charge in [-0.05, 0) is 51.9 Å². The highest BCUT2D eigenvalue weighted by atomic mass is 16.3. The highest BCUT2D eigenvalue weighted by Gasteiger charge is 2.08. The van der Waals surface area contributed by atoms with Crippen molar-refractivity contribution in [2.45, 2.75) is 25.7 Å². The van der Waals surface area contributed by atoms with Crippen molar-refractivity contribution in [1.82, 2.24) is 10.2 Å². The molecule has 78 valence electrons. The molecule has 0 aromatic rings. The van der Waals surface area contributed by atoms with E-state index in [1.807, 2.05) is 0 Å². The number of aliphatic hydroxyl groups excluding tert-OH is 1. The summed E-state index contributed by atoms with van der Waals surface area (Å²) in [6.07, 6.45) is 5.42. The molecule has 3 heteroatoms. The number of hydrogen-bond acceptors (Lipinski definition) is 3. The van der Waals surface area contributed by atoms with Gasteiger partial charge in [-0.15, -0.1) is 0 Å². The van der Waals surface area contributed by atoms with Crippen molar-refractivity contribution in [1.29, 1.82) is 0 Å². The molecule has 0 bridgehead atoms. The predicted molar refractivity (Wildman–Crippen MR) is 54.9 cm³/mol. The molecule has 13 heavy (non-hydrogen) atoms. The molecule has 2 saturated heterocycles. The van der Waals surface area contributed by atoms with E-state index in [-0.39, 0.29) is 0 Å². The molecule has 2 heterocycles. The smallest absolute Gasteiger partial charge is 0.0558 e. The lowest BCUT2D eigenvalue weighted by Gasteiger charge is -2.10. The van der Waals surface area contributed by atoms with Crippen molar-refractivity contribution >= 4 is 0 Å². The van der Waals surface area contributed by atoms with Gasteiger partial charge in [-0.25, -0.2) is 0 Å². The summed E-state index contributed by atoms with van der Waals surface area (Å²) in [4.78, 5) is 2.29.